The van der Waals surface area contributed by atoms with Crippen molar-refractivity contribution in [1.29, 1.82) is 0 Å². The molecule has 0 aromatic heterocycles. The fraction of sp³-hybridized carbons (Fsp3) is 0.864. The van der Waals surface area contributed by atoms with Crippen molar-refractivity contribution in [2.45, 2.75) is 117 Å². The molecule has 0 bridgehead atoms. The summed E-state index contributed by atoms with van der Waals surface area (Å²) in [7, 11) is -3.96. The lowest BCUT2D eigenvalue weighted by Crippen LogP contribution is -2.52. The van der Waals surface area contributed by atoms with Gasteiger partial charge < -0.3 is 13.6 Å². The lowest BCUT2D eigenvalue weighted by atomic mass is 9.95. The Morgan fingerprint density at radius 1 is 0.963 bits per heavy atom. The maximum absolute atomic E-state index is 11.0. The second-order valence-electron chi connectivity index (χ2n) is 11.3. The molecule has 0 unspecified atom stereocenters. The largest absolute Gasteiger partial charge is 0.411 e. The molecule has 0 spiro atoms. The topological polar surface area (TPSA) is 35.5 Å². The highest BCUT2D eigenvalue weighted by molar-refractivity contribution is 6.74. The molecular formula is C22H46O3Si2. The third kappa shape index (κ3) is 7.96. The zero-order chi connectivity index (χ0) is 21.8. The van der Waals surface area contributed by atoms with Crippen LogP contribution in [-0.4, -0.2) is 35.1 Å². The Morgan fingerprint density at radius 3 is 1.70 bits per heavy atom. The van der Waals surface area contributed by atoms with Crippen LogP contribution in [-0.2, 0) is 13.6 Å². The molecule has 0 N–H and O–H groups in total. The molecule has 0 fully saturated rings. The highest BCUT2D eigenvalue weighted by Crippen LogP contribution is 2.42. The number of hydrogen-bond acceptors (Lipinski definition) is 3. The normalized spacial score (nSPS) is 17.3. The van der Waals surface area contributed by atoms with E-state index in [0.29, 0.717) is 6.42 Å². The summed E-state index contributed by atoms with van der Waals surface area (Å²) in [6.45, 7) is 31.1. The number of carbonyl (C=O) groups excluding carboxylic acids is 1. The highest BCUT2D eigenvalue weighted by Gasteiger charge is 2.45. The van der Waals surface area contributed by atoms with Crippen LogP contribution >= 0.6 is 0 Å². The molecule has 0 aromatic carbocycles. The van der Waals surface area contributed by atoms with Gasteiger partial charge in [0.15, 0.2) is 16.6 Å². The van der Waals surface area contributed by atoms with Crippen molar-refractivity contribution in [3.05, 3.63) is 12.2 Å². The minimum absolute atomic E-state index is 0.0625. The van der Waals surface area contributed by atoms with Gasteiger partial charge in [-0.1, -0.05) is 60.6 Å². The van der Waals surface area contributed by atoms with Gasteiger partial charge in [-0.2, -0.15) is 0 Å². The first kappa shape index (κ1) is 26.8. The van der Waals surface area contributed by atoms with E-state index in [1.807, 2.05) is 6.92 Å². The molecule has 27 heavy (non-hydrogen) atoms. The van der Waals surface area contributed by atoms with Crippen LogP contribution in [0.2, 0.25) is 36.3 Å². The summed E-state index contributed by atoms with van der Waals surface area (Å²) in [4.78, 5) is 11.0. The Bertz CT molecular complexity index is 499. The van der Waals surface area contributed by atoms with E-state index in [1.165, 1.54) is 0 Å². The monoisotopic (exact) mass is 414 g/mol. The Hall–Kier alpha value is -0.236. The van der Waals surface area contributed by atoms with Gasteiger partial charge in [0.25, 0.3) is 0 Å². The molecule has 5 heteroatoms. The van der Waals surface area contributed by atoms with Gasteiger partial charge in [0, 0.05) is 6.42 Å². The minimum Gasteiger partial charge on any atom is -0.411 e. The lowest BCUT2D eigenvalue weighted by Gasteiger charge is -2.46. The Kier molecular flexibility index (Phi) is 9.42. The Balaban J connectivity index is 5.88. The average molecular weight is 415 g/mol. The molecule has 0 saturated heterocycles. The third-order valence-electron chi connectivity index (χ3n) is 6.44. The summed E-state index contributed by atoms with van der Waals surface area (Å²) in [6, 6.07) is 0. The van der Waals surface area contributed by atoms with E-state index in [1.54, 1.807) is 0 Å². The molecule has 0 rings (SSSR count). The van der Waals surface area contributed by atoms with Crippen molar-refractivity contribution in [2.75, 3.05) is 0 Å². The lowest BCUT2D eigenvalue weighted by molar-refractivity contribution is -0.108. The SMILES string of the molecule is C=C(C)[C@H](O[Si](C)(C)C(C)(C)C)[C@H](C[C@H](C)CC=O)O[Si](C)(C)C(C)(C)C. The van der Waals surface area contributed by atoms with E-state index in [2.05, 4.69) is 81.2 Å². The molecule has 0 heterocycles. The number of rotatable bonds is 10. The third-order valence-corrected chi connectivity index (χ3v) is 15.4. The fourth-order valence-electron chi connectivity index (χ4n) is 2.43. The summed E-state index contributed by atoms with van der Waals surface area (Å²) in [5.41, 5.74) is 1.02. The molecule has 0 amide bonds. The van der Waals surface area contributed by atoms with Crippen LogP contribution in [0.5, 0.6) is 0 Å². The van der Waals surface area contributed by atoms with Gasteiger partial charge in [-0.25, -0.2) is 0 Å². The Morgan fingerprint density at radius 2 is 1.37 bits per heavy atom. The molecule has 0 radical (unpaired) electrons. The first-order valence-corrected chi connectivity index (χ1v) is 16.1. The maximum Gasteiger partial charge on any atom is 0.193 e. The van der Waals surface area contributed by atoms with E-state index in [0.717, 1.165) is 18.3 Å². The van der Waals surface area contributed by atoms with Crippen molar-refractivity contribution < 1.29 is 13.6 Å². The van der Waals surface area contributed by atoms with Gasteiger partial charge in [0.05, 0.1) is 12.2 Å². The van der Waals surface area contributed by atoms with Crippen LogP contribution in [0.25, 0.3) is 0 Å². The standard InChI is InChI=1S/C22H46O3Si2/c1-17(2)20(25-27(12,13)22(7,8)9)19(16-18(3)14-15-23)24-26(10,11)21(4,5)6/h15,18-20H,1,14,16H2,2-13H3/t18-,19+,20+/m1/s1. The van der Waals surface area contributed by atoms with Crippen molar-refractivity contribution in [1.82, 2.24) is 0 Å². The molecule has 3 nitrogen and oxygen atoms in total. The summed E-state index contributed by atoms with van der Waals surface area (Å²) < 4.78 is 13.7. The molecule has 160 valence electrons. The van der Waals surface area contributed by atoms with Crippen molar-refractivity contribution in [3.63, 3.8) is 0 Å². The van der Waals surface area contributed by atoms with E-state index >= 15 is 0 Å². The van der Waals surface area contributed by atoms with Crippen LogP contribution in [0.3, 0.4) is 0 Å². The van der Waals surface area contributed by atoms with Crippen molar-refractivity contribution >= 4 is 22.9 Å². The molecular weight excluding hydrogens is 368 g/mol. The van der Waals surface area contributed by atoms with Gasteiger partial charge in [-0.15, -0.1) is 0 Å². The molecule has 0 aliphatic rings. The van der Waals surface area contributed by atoms with E-state index in [4.69, 9.17) is 8.85 Å². The molecule has 0 aliphatic carbocycles. The van der Waals surface area contributed by atoms with Crippen molar-refractivity contribution in [2.24, 2.45) is 5.92 Å². The van der Waals surface area contributed by atoms with E-state index in [-0.39, 0.29) is 28.2 Å². The molecule has 3 atom stereocenters. The van der Waals surface area contributed by atoms with Crippen LogP contribution in [0.15, 0.2) is 12.2 Å². The first-order chi connectivity index (χ1) is 11.9. The van der Waals surface area contributed by atoms with Gasteiger partial charge in [-0.3, -0.25) is 0 Å². The molecule has 0 aromatic rings. The average Bonchev–Trinajstić information content (AvgIpc) is 2.41. The zero-order valence-electron chi connectivity index (χ0n) is 20.2. The molecule has 0 saturated carbocycles. The second-order valence-corrected chi connectivity index (χ2v) is 20.8. The van der Waals surface area contributed by atoms with E-state index < -0.39 is 16.6 Å². The quantitative estimate of drug-likeness (QED) is 0.220. The summed E-state index contributed by atoms with van der Waals surface area (Å²) >= 11 is 0. The van der Waals surface area contributed by atoms with Gasteiger partial charge in [0.2, 0.25) is 0 Å². The van der Waals surface area contributed by atoms with Crippen LogP contribution in [0.1, 0.15) is 68.2 Å². The highest BCUT2D eigenvalue weighted by atomic mass is 28.4. The van der Waals surface area contributed by atoms with Gasteiger partial charge >= 0.3 is 0 Å². The van der Waals surface area contributed by atoms with Gasteiger partial charge in [0.1, 0.15) is 6.29 Å². The summed E-state index contributed by atoms with van der Waals surface area (Å²) in [5.74, 6) is 0.266. The Labute approximate surface area is 171 Å². The zero-order valence-corrected chi connectivity index (χ0v) is 22.2. The van der Waals surface area contributed by atoms with Crippen molar-refractivity contribution in [3.8, 4) is 0 Å². The number of hydrogen-bond donors (Lipinski definition) is 0. The van der Waals surface area contributed by atoms with Crippen LogP contribution < -0.4 is 0 Å². The fourth-order valence-corrected chi connectivity index (χ4v) is 5.11. The maximum atomic E-state index is 11.0. The predicted molar refractivity (Wildman–Crippen MR) is 123 cm³/mol. The van der Waals surface area contributed by atoms with Crippen LogP contribution in [0, 0.1) is 5.92 Å². The second kappa shape index (κ2) is 9.51. The van der Waals surface area contributed by atoms with E-state index in [9.17, 15) is 4.79 Å². The first-order valence-electron chi connectivity index (χ1n) is 10.3. The number of aldehydes is 1. The van der Waals surface area contributed by atoms with Gasteiger partial charge in [-0.05, 0) is 55.5 Å². The summed E-state index contributed by atoms with van der Waals surface area (Å²) in [6.07, 6.45) is 2.19. The smallest absolute Gasteiger partial charge is 0.193 e. The van der Waals surface area contributed by atoms with Crippen LogP contribution in [0.4, 0.5) is 0 Å². The predicted octanol–water partition coefficient (Wildman–Crippen LogP) is 6.96. The molecule has 0 aliphatic heterocycles. The minimum atomic E-state index is -1.98. The summed E-state index contributed by atoms with van der Waals surface area (Å²) in [5, 5.41) is 0.242. The number of carbonyl (C=O) groups is 1.